The van der Waals surface area contributed by atoms with Gasteiger partial charge in [0.05, 0.1) is 0 Å². The molecule has 1 aliphatic rings. The van der Waals surface area contributed by atoms with Crippen molar-refractivity contribution in [2.24, 2.45) is 11.8 Å². The molecule has 0 amide bonds. The summed E-state index contributed by atoms with van der Waals surface area (Å²) in [7, 11) is 0. The molecule has 0 bridgehead atoms. The molecular formula is C13H22O4. The molecule has 0 radical (unpaired) electrons. The molecule has 0 aliphatic carbocycles. The van der Waals surface area contributed by atoms with Crippen LogP contribution in [0.5, 0.6) is 0 Å². The van der Waals surface area contributed by atoms with Crippen LogP contribution in [0.4, 0.5) is 0 Å². The van der Waals surface area contributed by atoms with Crippen molar-refractivity contribution >= 4 is 11.9 Å². The molecule has 1 aliphatic heterocycles. The van der Waals surface area contributed by atoms with Gasteiger partial charge in [-0.1, -0.05) is 27.7 Å². The Morgan fingerprint density at radius 2 is 1.29 bits per heavy atom. The molecule has 17 heavy (non-hydrogen) atoms. The Morgan fingerprint density at radius 1 is 0.941 bits per heavy atom. The van der Waals surface area contributed by atoms with Crippen LogP contribution >= 0.6 is 0 Å². The smallest absolute Gasteiger partial charge is 0.317 e. The van der Waals surface area contributed by atoms with Crippen molar-refractivity contribution in [3.8, 4) is 0 Å². The maximum Gasteiger partial charge on any atom is 0.317 e. The summed E-state index contributed by atoms with van der Waals surface area (Å²) in [5, 5.41) is 0. The van der Waals surface area contributed by atoms with E-state index in [2.05, 4.69) is 27.7 Å². The number of hydrogen-bond donors (Lipinski definition) is 0. The molecule has 98 valence electrons. The highest BCUT2D eigenvalue weighted by atomic mass is 16.6. The van der Waals surface area contributed by atoms with Crippen LogP contribution in [0.15, 0.2) is 0 Å². The predicted octanol–water partition coefficient (Wildman–Crippen LogP) is 2.31. The fraction of sp³-hybridized carbons (Fsp3) is 0.846. The van der Waals surface area contributed by atoms with Crippen LogP contribution in [-0.4, -0.2) is 24.1 Å². The topological polar surface area (TPSA) is 52.6 Å². The quantitative estimate of drug-likeness (QED) is 0.560. The average molecular weight is 242 g/mol. The zero-order valence-corrected chi connectivity index (χ0v) is 11.1. The van der Waals surface area contributed by atoms with E-state index in [1.807, 2.05) is 0 Å². The Morgan fingerprint density at radius 3 is 1.59 bits per heavy atom. The summed E-state index contributed by atoms with van der Waals surface area (Å²) in [4.78, 5) is 22.8. The number of esters is 2. The largest absolute Gasteiger partial charge is 0.458 e. The van der Waals surface area contributed by atoms with E-state index in [0.29, 0.717) is 11.8 Å². The fourth-order valence-electron chi connectivity index (χ4n) is 2.02. The van der Waals surface area contributed by atoms with E-state index in [1.54, 1.807) is 0 Å². The molecule has 1 rings (SSSR count). The molecule has 1 saturated heterocycles. The molecule has 0 N–H and O–H groups in total. The lowest BCUT2D eigenvalue weighted by Gasteiger charge is -2.26. The average Bonchev–Trinajstić information content (AvgIpc) is 2.23. The van der Waals surface area contributed by atoms with Crippen LogP contribution in [0.2, 0.25) is 0 Å². The first-order chi connectivity index (χ1) is 7.88. The first-order valence-electron chi connectivity index (χ1n) is 6.27. The molecule has 4 nitrogen and oxygen atoms in total. The summed E-state index contributed by atoms with van der Waals surface area (Å²) in [6, 6.07) is 0. The zero-order valence-electron chi connectivity index (χ0n) is 11.1. The van der Waals surface area contributed by atoms with E-state index < -0.39 is 11.9 Å². The van der Waals surface area contributed by atoms with Crippen LogP contribution in [-0.2, 0) is 19.1 Å². The van der Waals surface area contributed by atoms with E-state index in [0.717, 1.165) is 12.8 Å². The van der Waals surface area contributed by atoms with Crippen LogP contribution in [0, 0.1) is 11.8 Å². The molecule has 2 unspecified atom stereocenters. The summed E-state index contributed by atoms with van der Waals surface area (Å²) in [6.45, 7) is 8.25. The van der Waals surface area contributed by atoms with E-state index in [4.69, 9.17) is 9.47 Å². The molecule has 0 spiro atoms. The second kappa shape index (κ2) is 6.03. The minimum atomic E-state index is -0.466. The minimum Gasteiger partial charge on any atom is -0.458 e. The van der Waals surface area contributed by atoms with Gasteiger partial charge in [-0.05, 0) is 24.7 Å². The number of cyclic esters (lactones) is 2. The second-order valence-electron chi connectivity index (χ2n) is 5.49. The van der Waals surface area contributed by atoms with Crippen LogP contribution in [0.1, 0.15) is 47.0 Å². The Labute approximate surface area is 103 Å². The molecule has 0 aromatic rings. The van der Waals surface area contributed by atoms with Crippen LogP contribution in [0.3, 0.4) is 0 Å². The van der Waals surface area contributed by atoms with Gasteiger partial charge >= 0.3 is 11.9 Å². The van der Waals surface area contributed by atoms with E-state index in [1.165, 1.54) is 0 Å². The van der Waals surface area contributed by atoms with Crippen molar-refractivity contribution in [1.82, 2.24) is 0 Å². The van der Waals surface area contributed by atoms with Gasteiger partial charge in [-0.15, -0.1) is 0 Å². The third-order valence-corrected chi connectivity index (χ3v) is 2.68. The van der Waals surface area contributed by atoms with Crippen molar-refractivity contribution < 1.29 is 19.1 Å². The van der Waals surface area contributed by atoms with Gasteiger partial charge in [0.2, 0.25) is 0 Å². The molecule has 0 aromatic carbocycles. The van der Waals surface area contributed by atoms with Gasteiger partial charge in [0, 0.05) is 0 Å². The standard InChI is InChI=1S/C13H22O4/c1-8(2)5-10-11(6-9(3)4)17-13(15)7-12(14)16-10/h8-11H,5-7H2,1-4H3. The highest BCUT2D eigenvalue weighted by molar-refractivity contribution is 5.91. The van der Waals surface area contributed by atoms with Crippen molar-refractivity contribution in [2.45, 2.75) is 59.2 Å². The normalized spacial score (nSPS) is 25.8. The summed E-state index contributed by atoms with van der Waals surface area (Å²) in [5.74, 6) is -0.127. The predicted molar refractivity (Wildman–Crippen MR) is 63.3 cm³/mol. The van der Waals surface area contributed by atoms with Crippen molar-refractivity contribution in [2.75, 3.05) is 0 Å². The van der Waals surface area contributed by atoms with Gasteiger partial charge in [-0.3, -0.25) is 9.59 Å². The maximum absolute atomic E-state index is 11.4. The monoisotopic (exact) mass is 242 g/mol. The number of hydrogen-bond acceptors (Lipinski definition) is 4. The number of carbonyl (C=O) groups excluding carboxylic acids is 2. The van der Waals surface area contributed by atoms with Crippen LogP contribution in [0.25, 0.3) is 0 Å². The highest BCUT2D eigenvalue weighted by Crippen LogP contribution is 2.23. The lowest BCUT2D eigenvalue weighted by atomic mass is 9.95. The Hall–Kier alpha value is -1.06. The molecule has 1 fully saturated rings. The molecule has 0 aromatic heterocycles. The van der Waals surface area contributed by atoms with Gasteiger partial charge in [-0.25, -0.2) is 0 Å². The number of ether oxygens (including phenoxy) is 2. The Kier molecular flexibility index (Phi) is 4.97. The van der Waals surface area contributed by atoms with E-state index >= 15 is 0 Å². The zero-order chi connectivity index (χ0) is 13.0. The van der Waals surface area contributed by atoms with Gasteiger partial charge in [0.15, 0.2) is 0 Å². The third-order valence-electron chi connectivity index (χ3n) is 2.68. The van der Waals surface area contributed by atoms with Crippen LogP contribution < -0.4 is 0 Å². The summed E-state index contributed by atoms with van der Waals surface area (Å²) >= 11 is 0. The number of rotatable bonds is 4. The van der Waals surface area contributed by atoms with Crippen molar-refractivity contribution in [3.63, 3.8) is 0 Å². The first kappa shape index (κ1) is 14.0. The Balaban J connectivity index is 2.76. The maximum atomic E-state index is 11.4. The molecule has 4 heteroatoms. The van der Waals surface area contributed by atoms with Gasteiger partial charge < -0.3 is 9.47 Å². The van der Waals surface area contributed by atoms with Gasteiger partial charge in [0.1, 0.15) is 18.6 Å². The van der Waals surface area contributed by atoms with E-state index in [-0.39, 0.29) is 18.6 Å². The fourth-order valence-corrected chi connectivity index (χ4v) is 2.02. The third kappa shape index (κ3) is 4.75. The van der Waals surface area contributed by atoms with Gasteiger partial charge in [-0.2, -0.15) is 0 Å². The Bertz CT molecular complexity index is 255. The van der Waals surface area contributed by atoms with Crippen molar-refractivity contribution in [3.05, 3.63) is 0 Å². The van der Waals surface area contributed by atoms with E-state index in [9.17, 15) is 9.59 Å². The van der Waals surface area contributed by atoms with Gasteiger partial charge in [0.25, 0.3) is 0 Å². The number of carbonyl (C=O) groups is 2. The molecular weight excluding hydrogens is 220 g/mol. The minimum absolute atomic E-state index is 0.261. The molecule has 2 atom stereocenters. The lowest BCUT2D eigenvalue weighted by Crippen LogP contribution is -2.33. The summed E-state index contributed by atoms with van der Waals surface area (Å²) in [6.07, 6.45) is 0.614. The summed E-state index contributed by atoms with van der Waals surface area (Å²) in [5.41, 5.74) is 0. The summed E-state index contributed by atoms with van der Waals surface area (Å²) < 4.78 is 10.6. The SMILES string of the molecule is CC(C)CC1OC(=O)CC(=O)OC1CC(C)C. The molecule has 1 heterocycles. The van der Waals surface area contributed by atoms with Crippen molar-refractivity contribution in [1.29, 1.82) is 0 Å². The second-order valence-corrected chi connectivity index (χ2v) is 5.49. The first-order valence-corrected chi connectivity index (χ1v) is 6.27. The molecule has 0 saturated carbocycles. The highest BCUT2D eigenvalue weighted by Gasteiger charge is 2.34. The lowest BCUT2D eigenvalue weighted by molar-refractivity contribution is -0.153.